The summed E-state index contributed by atoms with van der Waals surface area (Å²) in [4.78, 5) is 0. The summed E-state index contributed by atoms with van der Waals surface area (Å²) in [6.45, 7) is 3.08. The maximum atomic E-state index is 12.3. The van der Waals surface area contributed by atoms with Gasteiger partial charge < -0.3 is 4.74 Å². The van der Waals surface area contributed by atoms with Crippen LogP contribution >= 0.6 is 0 Å². The molecule has 0 bridgehead atoms. The van der Waals surface area contributed by atoms with E-state index in [4.69, 9.17) is 4.74 Å². The summed E-state index contributed by atoms with van der Waals surface area (Å²) in [5.41, 5.74) is 0. The van der Waals surface area contributed by atoms with Crippen LogP contribution in [0.4, 0.5) is 13.2 Å². The van der Waals surface area contributed by atoms with Gasteiger partial charge in [0.15, 0.2) is 0 Å². The molecule has 0 saturated heterocycles. The third-order valence-corrected chi connectivity index (χ3v) is 5.96. The molecule has 2 fully saturated rings. The summed E-state index contributed by atoms with van der Waals surface area (Å²) >= 11 is 0. The molecular formula is C19H33F3O. The van der Waals surface area contributed by atoms with Crippen molar-refractivity contribution in [3.8, 4) is 0 Å². The van der Waals surface area contributed by atoms with Crippen molar-refractivity contribution in [2.75, 3.05) is 6.61 Å². The lowest BCUT2D eigenvalue weighted by atomic mass is 9.70. The Labute approximate surface area is 139 Å². The van der Waals surface area contributed by atoms with Gasteiger partial charge in [-0.2, -0.15) is 13.2 Å². The Morgan fingerprint density at radius 3 is 1.96 bits per heavy atom. The lowest BCUT2D eigenvalue weighted by molar-refractivity contribution is -0.138. The second kappa shape index (κ2) is 9.29. The van der Waals surface area contributed by atoms with Crippen LogP contribution in [0, 0.1) is 17.8 Å². The molecule has 2 saturated carbocycles. The van der Waals surface area contributed by atoms with E-state index in [-0.39, 0.29) is 0 Å². The van der Waals surface area contributed by atoms with Crippen LogP contribution in [-0.2, 0) is 4.74 Å². The van der Waals surface area contributed by atoms with Gasteiger partial charge in [-0.25, -0.2) is 0 Å². The fraction of sp³-hybridized carbons (Fsp3) is 1.00. The number of hydrogen-bond acceptors (Lipinski definition) is 1. The number of alkyl halides is 3. The fourth-order valence-electron chi connectivity index (χ4n) is 4.44. The number of halogens is 3. The Kier molecular flexibility index (Phi) is 7.71. The summed E-state index contributed by atoms with van der Waals surface area (Å²) in [6, 6.07) is 0. The predicted molar refractivity (Wildman–Crippen MR) is 87.3 cm³/mol. The van der Waals surface area contributed by atoms with Gasteiger partial charge in [0.25, 0.3) is 0 Å². The molecule has 0 radical (unpaired) electrons. The molecule has 0 aliphatic heterocycles. The van der Waals surface area contributed by atoms with Gasteiger partial charge in [0.05, 0.1) is 6.10 Å². The van der Waals surface area contributed by atoms with Gasteiger partial charge in [-0.05, 0) is 69.1 Å². The average Bonchev–Trinajstić information content (AvgIpc) is 2.54. The normalized spacial score (nSPS) is 32.9. The van der Waals surface area contributed by atoms with E-state index in [2.05, 4.69) is 6.92 Å². The first-order valence-electron chi connectivity index (χ1n) is 9.66. The van der Waals surface area contributed by atoms with Crippen LogP contribution in [0.15, 0.2) is 0 Å². The Hall–Kier alpha value is -0.250. The molecule has 0 aromatic carbocycles. The first-order chi connectivity index (χ1) is 11.0. The minimum Gasteiger partial charge on any atom is -0.378 e. The maximum Gasteiger partial charge on any atom is 0.389 e. The van der Waals surface area contributed by atoms with Gasteiger partial charge >= 0.3 is 6.18 Å². The number of ether oxygens (including phenoxy) is 1. The van der Waals surface area contributed by atoms with Crippen molar-refractivity contribution in [3.05, 3.63) is 0 Å². The highest BCUT2D eigenvalue weighted by Gasteiger charge is 2.33. The van der Waals surface area contributed by atoms with Crippen LogP contribution < -0.4 is 0 Å². The van der Waals surface area contributed by atoms with Crippen LogP contribution in [0.25, 0.3) is 0 Å². The van der Waals surface area contributed by atoms with Crippen LogP contribution in [0.1, 0.15) is 84.0 Å². The van der Waals surface area contributed by atoms with Crippen LogP contribution in [0.3, 0.4) is 0 Å². The van der Waals surface area contributed by atoms with Gasteiger partial charge in [-0.3, -0.25) is 0 Å². The third kappa shape index (κ3) is 7.03. The van der Waals surface area contributed by atoms with Gasteiger partial charge in [0.2, 0.25) is 0 Å². The lowest BCUT2D eigenvalue weighted by Gasteiger charge is -2.38. The van der Waals surface area contributed by atoms with E-state index in [1.807, 2.05) is 0 Å². The molecule has 0 atom stereocenters. The highest BCUT2D eigenvalue weighted by Crippen LogP contribution is 2.42. The SMILES string of the molecule is CCCCOC1CCC(C2CCC(CCC(F)(F)F)CC2)CC1. The molecule has 0 heterocycles. The van der Waals surface area contributed by atoms with Crippen LogP contribution in [-0.4, -0.2) is 18.9 Å². The molecule has 1 nitrogen and oxygen atoms in total. The first kappa shape index (κ1) is 19.1. The van der Waals surface area contributed by atoms with Gasteiger partial charge in [0.1, 0.15) is 0 Å². The topological polar surface area (TPSA) is 9.23 Å². The standard InChI is InChI=1S/C19H33F3O/c1-2-3-14-23-18-10-8-17(9-11-18)16-6-4-15(5-7-16)12-13-19(20,21)22/h15-18H,2-14H2,1H3. The van der Waals surface area contributed by atoms with Crippen molar-refractivity contribution < 1.29 is 17.9 Å². The van der Waals surface area contributed by atoms with Crippen molar-refractivity contribution in [3.63, 3.8) is 0 Å². The van der Waals surface area contributed by atoms with E-state index in [0.717, 1.165) is 50.5 Å². The number of hydrogen-bond donors (Lipinski definition) is 0. The maximum absolute atomic E-state index is 12.3. The van der Waals surface area contributed by atoms with E-state index in [1.54, 1.807) is 0 Å². The number of unbranched alkanes of at least 4 members (excludes halogenated alkanes) is 1. The Balaban J connectivity index is 1.61. The third-order valence-electron chi connectivity index (χ3n) is 5.96. The molecule has 0 aromatic rings. The van der Waals surface area contributed by atoms with Crippen molar-refractivity contribution >= 4 is 0 Å². The van der Waals surface area contributed by atoms with Gasteiger partial charge in [-0.15, -0.1) is 0 Å². The van der Waals surface area contributed by atoms with Gasteiger partial charge in [-0.1, -0.05) is 26.2 Å². The molecule has 4 heteroatoms. The van der Waals surface area contributed by atoms with Crippen LogP contribution in [0.5, 0.6) is 0 Å². The first-order valence-corrected chi connectivity index (χ1v) is 9.66. The van der Waals surface area contributed by atoms with Crippen molar-refractivity contribution in [2.45, 2.75) is 96.3 Å². The molecule has 2 aliphatic carbocycles. The minimum absolute atomic E-state index is 0.307. The highest BCUT2D eigenvalue weighted by molar-refractivity contribution is 4.82. The van der Waals surface area contributed by atoms with Gasteiger partial charge in [0, 0.05) is 13.0 Å². The van der Waals surface area contributed by atoms with E-state index in [0.29, 0.717) is 18.4 Å². The average molecular weight is 334 g/mol. The Morgan fingerprint density at radius 2 is 1.43 bits per heavy atom. The van der Waals surface area contributed by atoms with Crippen molar-refractivity contribution in [2.24, 2.45) is 17.8 Å². The molecule has 0 spiro atoms. The molecule has 0 unspecified atom stereocenters. The molecule has 2 aliphatic rings. The second-order valence-corrected chi connectivity index (χ2v) is 7.70. The molecule has 0 amide bonds. The van der Waals surface area contributed by atoms with Crippen LogP contribution in [0.2, 0.25) is 0 Å². The molecule has 0 N–H and O–H groups in total. The Morgan fingerprint density at radius 1 is 0.870 bits per heavy atom. The lowest BCUT2D eigenvalue weighted by Crippen LogP contribution is -2.29. The van der Waals surface area contributed by atoms with E-state index in [9.17, 15) is 13.2 Å². The smallest absolute Gasteiger partial charge is 0.378 e. The zero-order valence-electron chi connectivity index (χ0n) is 14.5. The summed E-state index contributed by atoms with van der Waals surface area (Å²) in [6.07, 6.45) is 7.76. The molecule has 23 heavy (non-hydrogen) atoms. The zero-order valence-corrected chi connectivity index (χ0v) is 14.5. The van der Waals surface area contributed by atoms with Crippen molar-refractivity contribution in [1.29, 1.82) is 0 Å². The quantitative estimate of drug-likeness (QED) is 0.482. The zero-order chi connectivity index (χ0) is 16.7. The Bertz CT molecular complexity index is 313. The second-order valence-electron chi connectivity index (χ2n) is 7.70. The van der Waals surface area contributed by atoms with Crippen molar-refractivity contribution in [1.82, 2.24) is 0 Å². The predicted octanol–water partition coefficient (Wildman–Crippen LogP) is 6.51. The molecular weight excluding hydrogens is 301 g/mol. The largest absolute Gasteiger partial charge is 0.389 e. The summed E-state index contributed by atoms with van der Waals surface area (Å²) in [5, 5.41) is 0. The molecule has 2 rings (SSSR count). The molecule has 136 valence electrons. The molecule has 0 aromatic heterocycles. The van der Waals surface area contributed by atoms with E-state index < -0.39 is 12.6 Å². The minimum atomic E-state index is -3.98. The fourth-order valence-corrected chi connectivity index (χ4v) is 4.44. The monoisotopic (exact) mass is 334 g/mol. The highest BCUT2D eigenvalue weighted by atomic mass is 19.4. The number of rotatable bonds is 7. The summed E-state index contributed by atoms with van der Waals surface area (Å²) in [5.74, 6) is 1.86. The summed E-state index contributed by atoms with van der Waals surface area (Å²) in [7, 11) is 0. The van der Waals surface area contributed by atoms with E-state index >= 15 is 0 Å². The summed E-state index contributed by atoms with van der Waals surface area (Å²) < 4.78 is 42.9. The van der Waals surface area contributed by atoms with E-state index in [1.165, 1.54) is 32.1 Å².